The lowest BCUT2D eigenvalue weighted by Gasteiger charge is -2.10. The van der Waals surface area contributed by atoms with Gasteiger partial charge in [0.1, 0.15) is 0 Å². The van der Waals surface area contributed by atoms with Crippen LogP contribution in [-0.4, -0.2) is 23.2 Å². The van der Waals surface area contributed by atoms with Gasteiger partial charge in [0.2, 0.25) is 0 Å². The highest BCUT2D eigenvalue weighted by Gasteiger charge is 2.05. The van der Waals surface area contributed by atoms with Crippen LogP contribution in [0, 0.1) is 0 Å². The second kappa shape index (κ2) is 5.33. The van der Waals surface area contributed by atoms with Crippen LogP contribution < -0.4 is 11.1 Å². The van der Waals surface area contributed by atoms with Gasteiger partial charge in [-0.1, -0.05) is 0 Å². The molecule has 0 aliphatic heterocycles. The number of fused-ring (bicyclic) bond motifs is 1. The molecule has 0 saturated heterocycles. The van der Waals surface area contributed by atoms with E-state index in [-0.39, 0.29) is 6.61 Å². The maximum absolute atomic E-state index is 8.76. The van der Waals surface area contributed by atoms with Crippen LogP contribution in [0.25, 0.3) is 10.9 Å². The number of nitrogen functional groups attached to an aromatic ring is 1. The molecular weight excluding hydrogens is 282 g/mol. The molecule has 0 atom stereocenters. The zero-order chi connectivity index (χ0) is 12.3. The monoisotopic (exact) mass is 295 g/mol. The van der Waals surface area contributed by atoms with Crippen molar-refractivity contribution in [1.82, 2.24) is 4.98 Å². The molecule has 5 heteroatoms. The van der Waals surface area contributed by atoms with E-state index in [0.29, 0.717) is 18.7 Å². The average molecular weight is 296 g/mol. The number of aromatic nitrogens is 1. The van der Waals surface area contributed by atoms with Gasteiger partial charge in [0.05, 0.1) is 11.2 Å². The molecule has 1 heterocycles. The van der Waals surface area contributed by atoms with Gasteiger partial charge in [0, 0.05) is 34.9 Å². The molecule has 17 heavy (non-hydrogen) atoms. The minimum Gasteiger partial charge on any atom is -0.398 e. The van der Waals surface area contributed by atoms with Crippen molar-refractivity contribution < 1.29 is 5.11 Å². The Morgan fingerprint density at radius 3 is 3.00 bits per heavy atom. The van der Waals surface area contributed by atoms with Gasteiger partial charge in [-0.15, -0.1) is 0 Å². The first kappa shape index (κ1) is 12.1. The van der Waals surface area contributed by atoms with Crippen LogP contribution in [0.15, 0.2) is 28.9 Å². The normalized spacial score (nSPS) is 10.7. The van der Waals surface area contributed by atoms with Gasteiger partial charge in [-0.25, -0.2) is 0 Å². The summed E-state index contributed by atoms with van der Waals surface area (Å²) in [7, 11) is 0. The quantitative estimate of drug-likeness (QED) is 0.598. The number of nitrogens with two attached hydrogens (primary N) is 1. The number of halogens is 1. The van der Waals surface area contributed by atoms with Crippen LogP contribution in [0.5, 0.6) is 0 Å². The van der Waals surface area contributed by atoms with Crippen molar-refractivity contribution in [2.45, 2.75) is 6.42 Å². The number of hydrogen-bond donors (Lipinski definition) is 3. The SMILES string of the molecule is Nc1ccc(NCCCO)c2ncc(Br)cc12. The van der Waals surface area contributed by atoms with Crippen molar-refractivity contribution in [2.24, 2.45) is 0 Å². The molecule has 0 bridgehead atoms. The van der Waals surface area contributed by atoms with Crippen molar-refractivity contribution in [1.29, 1.82) is 0 Å². The van der Waals surface area contributed by atoms with Crippen LogP contribution >= 0.6 is 15.9 Å². The van der Waals surface area contributed by atoms with Crippen molar-refractivity contribution in [3.63, 3.8) is 0 Å². The Hall–Kier alpha value is -1.33. The summed E-state index contributed by atoms with van der Waals surface area (Å²) in [5.74, 6) is 0. The number of anilines is 2. The van der Waals surface area contributed by atoms with Crippen LogP contribution in [0.4, 0.5) is 11.4 Å². The Morgan fingerprint density at radius 1 is 1.41 bits per heavy atom. The summed E-state index contributed by atoms with van der Waals surface area (Å²) in [5.41, 5.74) is 8.42. The van der Waals surface area contributed by atoms with Gasteiger partial charge in [-0.3, -0.25) is 4.98 Å². The van der Waals surface area contributed by atoms with Gasteiger partial charge in [0.25, 0.3) is 0 Å². The molecule has 90 valence electrons. The molecule has 2 rings (SSSR count). The lowest BCUT2D eigenvalue weighted by Crippen LogP contribution is -2.04. The second-order valence-electron chi connectivity index (χ2n) is 3.76. The Labute approximate surface area is 108 Å². The van der Waals surface area contributed by atoms with Crippen molar-refractivity contribution >= 4 is 38.2 Å². The Bertz CT molecular complexity index is 530. The highest BCUT2D eigenvalue weighted by molar-refractivity contribution is 9.10. The minimum absolute atomic E-state index is 0.179. The van der Waals surface area contributed by atoms with Crippen LogP contribution in [-0.2, 0) is 0 Å². The number of aliphatic hydroxyl groups is 1. The first-order valence-electron chi connectivity index (χ1n) is 5.41. The number of rotatable bonds is 4. The van der Waals surface area contributed by atoms with Crippen molar-refractivity contribution in [3.8, 4) is 0 Å². The lowest BCUT2D eigenvalue weighted by molar-refractivity contribution is 0.292. The fourth-order valence-corrected chi connectivity index (χ4v) is 1.99. The number of nitrogens with zero attached hydrogens (tertiary/aromatic N) is 1. The van der Waals surface area contributed by atoms with E-state index < -0.39 is 0 Å². The Balaban J connectivity index is 2.40. The van der Waals surface area contributed by atoms with E-state index in [9.17, 15) is 0 Å². The highest BCUT2D eigenvalue weighted by Crippen LogP contribution is 2.28. The molecule has 0 radical (unpaired) electrons. The maximum Gasteiger partial charge on any atom is 0.0954 e. The zero-order valence-electron chi connectivity index (χ0n) is 9.28. The lowest BCUT2D eigenvalue weighted by atomic mass is 10.1. The molecule has 0 unspecified atom stereocenters. The fraction of sp³-hybridized carbons (Fsp3) is 0.250. The molecule has 0 aliphatic carbocycles. The Kier molecular flexibility index (Phi) is 3.81. The van der Waals surface area contributed by atoms with E-state index in [4.69, 9.17) is 10.8 Å². The van der Waals surface area contributed by atoms with Gasteiger partial charge in [-0.2, -0.15) is 0 Å². The predicted molar refractivity (Wildman–Crippen MR) is 74.0 cm³/mol. The average Bonchev–Trinajstić information content (AvgIpc) is 2.33. The molecule has 1 aromatic heterocycles. The van der Waals surface area contributed by atoms with E-state index in [1.807, 2.05) is 18.2 Å². The van der Waals surface area contributed by atoms with Crippen LogP contribution in [0.1, 0.15) is 6.42 Å². The largest absolute Gasteiger partial charge is 0.398 e. The standard InChI is InChI=1S/C12H14BrN3O/c13-8-6-9-10(14)2-3-11(12(9)16-7-8)15-4-1-5-17/h2-3,6-7,15,17H,1,4-5,14H2. The van der Waals surface area contributed by atoms with Crippen LogP contribution in [0.2, 0.25) is 0 Å². The zero-order valence-corrected chi connectivity index (χ0v) is 10.9. The summed E-state index contributed by atoms with van der Waals surface area (Å²) >= 11 is 3.38. The molecule has 4 N–H and O–H groups in total. The molecule has 0 spiro atoms. The number of hydrogen-bond acceptors (Lipinski definition) is 4. The van der Waals surface area contributed by atoms with E-state index in [1.54, 1.807) is 6.20 Å². The summed E-state index contributed by atoms with van der Waals surface area (Å²) in [6, 6.07) is 5.72. The third-order valence-corrected chi connectivity index (χ3v) is 2.93. The smallest absolute Gasteiger partial charge is 0.0954 e. The van der Waals surface area contributed by atoms with Crippen LogP contribution in [0.3, 0.4) is 0 Å². The van der Waals surface area contributed by atoms with E-state index in [2.05, 4.69) is 26.2 Å². The maximum atomic E-state index is 8.76. The van der Waals surface area contributed by atoms with Crippen molar-refractivity contribution in [2.75, 3.05) is 24.2 Å². The number of aliphatic hydroxyl groups excluding tert-OH is 1. The van der Waals surface area contributed by atoms with Gasteiger partial charge >= 0.3 is 0 Å². The molecule has 0 amide bonds. The van der Waals surface area contributed by atoms with E-state index in [1.165, 1.54) is 0 Å². The number of benzene rings is 1. The molecule has 0 saturated carbocycles. The topological polar surface area (TPSA) is 71.2 Å². The molecule has 2 aromatic rings. The minimum atomic E-state index is 0.179. The fourth-order valence-electron chi connectivity index (χ4n) is 1.66. The van der Waals surface area contributed by atoms with E-state index >= 15 is 0 Å². The molecule has 0 aliphatic rings. The summed E-state index contributed by atoms with van der Waals surface area (Å²) in [5, 5.41) is 12.9. The predicted octanol–water partition coefficient (Wildman–Crippen LogP) is 2.37. The summed E-state index contributed by atoms with van der Waals surface area (Å²) < 4.78 is 0.907. The summed E-state index contributed by atoms with van der Waals surface area (Å²) in [4.78, 5) is 4.37. The second-order valence-corrected chi connectivity index (χ2v) is 4.67. The van der Waals surface area contributed by atoms with E-state index in [0.717, 1.165) is 21.1 Å². The number of pyridine rings is 1. The third kappa shape index (κ3) is 2.68. The first-order chi connectivity index (χ1) is 8.22. The third-order valence-electron chi connectivity index (χ3n) is 2.50. The molecular formula is C12H14BrN3O. The summed E-state index contributed by atoms with van der Waals surface area (Å²) in [6.07, 6.45) is 2.46. The Morgan fingerprint density at radius 2 is 2.24 bits per heavy atom. The van der Waals surface area contributed by atoms with Gasteiger partial charge in [0.15, 0.2) is 0 Å². The summed E-state index contributed by atoms with van der Waals surface area (Å²) in [6.45, 7) is 0.895. The molecule has 0 fully saturated rings. The first-order valence-corrected chi connectivity index (χ1v) is 6.20. The van der Waals surface area contributed by atoms with Gasteiger partial charge < -0.3 is 16.2 Å². The van der Waals surface area contributed by atoms with Gasteiger partial charge in [-0.05, 0) is 40.5 Å². The molecule has 4 nitrogen and oxygen atoms in total. The highest BCUT2D eigenvalue weighted by atomic mass is 79.9. The van der Waals surface area contributed by atoms with Crippen molar-refractivity contribution in [3.05, 3.63) is 28.9 Å². The molecule has 1 aromatic carbocycles. The number of nitrogens with one attached hydrogen (secondary N) is 1.